The molecule has 0 aliphatic carbocycles. The molecule has 3 rings (SSSR count). The van der Waals surface area contributed by atoms with Crippen molar-refractivity contribution in [1.82, 2.24) is 4.98 Å². The lowest BCUT2D eigenvalue weighted by Crippen LogP contribution is -2.25. The van der Waals surface area contributed by atoms with Gasteiger partial charge in [0.25, 0.3) is 0 Å². The number of nitrogens with one attached hydrogen (secondary N) is 1. The smallest absolute Gasteiger partial charge is 0.229 e. The number of anilines is 1. The lowest BCUT2D eigenvalue weighted by atomic mass is 10.1. The highest BCUT2D eigenvalue weighted by Crippen LogP contribution is 2.37. The van der Waals surface area contributed by atoms with E-state index in [9.17, 15) is 0 Å². The van der Waals surface area contributed by atoms with Crippen LogP contribution in [0.15, 0.2) is 28.9 Å². The van der Waals surface area contributed by atoms with Crippen LogP contribution < -0.4 is 11.1 Å². The minimum Gasteiger partial charge on any atom is -0.467 e. The maximum atomic E-state index is 6.95. The molecule has 1 atom stereocenters. The molecule has 0 bridgehead atoms. The fourth-order valence-electron chi connectivity index (χ4n) is 2.53. The number of thiophene rings is 1. The van der Waals surface area contributed by atoms with Crippen molar-refractivity contribution < 1.29 is 4.42 Å². The van der Waals surface area contributed by atoms with Crippen LogP contribution in [-0.2, 0) is 13.0 Å². The zero-order valence-corrected chi connectivity index (χ0v) is 14.7. The van der Waals surface area contributed by atoms with Gasteiger partial charge in [0.15, 0.2) is 0 Å². The summed E-state index contributed by atoms with van der Waals surface area (Å²) in [5.41, 5.74) is 8.92. The minimum absolute atomic E-state index is 0.163. The predicted octanol–water partition coefficient (Wildman–Crippen LogP) is 4.25. The van der Waals surface area contributed by atoms with Crippen LogP contribution in [0.5, 0.6) is 0 Å². The Balaban J connectivity index is 1.92. The summed E-state index contributed by atoms with van der Waals surface area (Å²) in [6, 6.07) is 5.44. The van der Waals surface area contributed by atoms with Gasteiger partial charge in [0.2, 0.25) is 6.54 Å². The van der Waals surface area contributed by atoms with Crippen LogP contribution >= 0.6 is 22.9 Å². The number of furan rings is 1. The number of hydrogen-bond acceptors (Lipinski definition) is 5. The van der Waals surface area contributed by atoms with Gasteiger partial charge in [0.1, 0.15) is 10.9 Å². The molecule has 0 unspecified atom stereocenters. The van der Waals surface area contributed by atoms with Crippen LogP contribution in [0.2, 0.25) is 5.15 Å². The Morgan fingerprint density at radius 1 is 1.54 bits per heavy atom. The van der Waals surface area contributed by atoms with Crippen molar-refractivity contribution in [2.24, 2.45) is 5.73 Å². The Hall–Kier alpha value is -2.07. The molecule has 3 aromatic heterocycles. The number of pyridine rings is 1. The number of aromatic nitrogens is 1. The predicted molar refractivity (Wildman–Crippen MR) is 98.6 cm³/mol. The van der Waals surface area contributed by atoms with Crippen LogP contribution in [0.1, 0.15) is 16.2 Å². The van der Waals surface area contributed by atoms with Gasteiger partial charge in [0.05, 0.1) is 34.8 Å². The second-order valence-corrected chi connectivity index (χ2v) is 7.05. The van der Waals surface area contributed by atoms with E-state index in [0.29, 0.717) is 24.7 Å². The van der Waals surface area contributed by atoms with E-state index in [4.69, 9.17) is 28.3 Å². The molecule has 3 aromatic rings. The van der Waals surface area contributed by atoms with Gasteiger partial charge in [0, 0.05) is 17.4 Å². The van der Waals surface area contributed by atoms with Crippen molar-refractivity contribution in [3.63, 3.8) is 0 Å². The van der Waals surface area contributed by atoms with Gasteiger partial charge in [-0.3, -0.25) is 0 Å². The van der Waals surface area contributed by atoms with Crippen LogP contribution in [-0.4, -0.2) is 17.6 Å². The van der Waals surface area contributed by atoms with E-state index < -0.39 is 0 Å². The van der Waals surface area contributed by atoms with E-state index >= 15 is 0 Å². The third-order valence-electron chi connectivity index (χ3n) is 3.75. The summed E-state index contributed by atoms with van der Waals surface area (Å²) in [5, 5.41) is 3.81. The van der Waals surface area contributed by atoms with Gasteiger partial charge in [-0.25, -0.2) is 11.6 Å². The van der Waals surface area contributed by atoms with E-state index in [0.717, 1.165) is 32.1 Å². The van der Waals surface area contributed by atoms with Crippen molar-refractivity contribution in [3.8, 4) is 0 Å². The summed E-state index contributed by atoms with van der Waals surface area (Å²) in [6.07, 6.45) is 2.32. The first-order valence-corrected chi connectivity index (χ1v) is 8.71. The Labute approximate surface area is 149 Å². The van der Waals surface area contributed by atoms with Crippen molar-refractivity contribution in [3.05, 3.63) is 57.2 Å². The normalized spacial score (nSPS) is 12.2. The molecule has 0 aromatic carbocycles. The maximum absolute atomic E-state index is 6.95. The molecule has 0 amide bonds. The van der Waals surface area contributed by atoms with E-state index in [2.05, 4.69) is 15.1 Å². The van der Waals surface area contributed by atoms with E-state index in [-0.39, 0.29) is 6.04 Å². The van der Waals surface area contributed by atoms with Crippen LogP contribution in [0, 0.1) is 13.5 Å². The Bertz CT molecular complexity index is 882. The molecule has 0 saturated carbocycles. The fourth-order valence-corrected chi connectivity index (χ4v) is 4.06. The minimum atomic E-state index is -0.163. The zero-order chi connectivity index (χ0) is 17.1. The van der Waals surface area contributed by atoms with Crippen molar-refractivity contribution in [2.45, 2.75) is 25.9 Å². The molecule has 124 valence electrons. The lowest BCUT2D eigenvalue weighted by Gasteiger charge is -2.06. The second kappa shape index (κ2) is 7.22. The first-order chi connectivity index (χ1) is 11.6. The van der Waals surface area contributed by atoms with Crippen LogP contribution in [0.25, 0.3) is 15.1 Å². The van der Waals surface area contributed by atoms with E-state index in [1.807, 2.05) is 25.1 Å². The lowest BCUT2D eigenvalue weighted by molar-refractivity contribution is 0.518. The molecule has 7 heteroatoms. The molecule has 0 radical (unpaired) electrons. The SMILES string of the molecule is [C-]#[N+]C[C@H](N)Cc1sc2c(NCc3ccco3)cc(Cl)nc2c1C. The number of fused-ring (bicyclic) bond motifs is 1. The highest BCUT2D eigenvalue weighted by Gasteiger charge is 2.17. The van der Waals surface area contributed by atoms with Gasteiger partial charge < -0.3 is 20.3 Å². The van der Waals surface area contributed by atoms with Gasteiger partial charge in [-0.05, 0) is 24.6 Å². The molecule has 3 N–H and O–H groups in total. The number of nitrogens with two attached hydrogens (primary N) is 1. The highest BCUT2D eigenvalue weighted by molar-refractivity contribution is 7.19. The summed E-state index contributed by atoms with van der Waals surface area (Å²) in [5.74, 6) is 0.851. The van der Waals surface area contributed by atoms with Crippen molar-refractivity contribution in [1.29, 1.82) is 0 Å². The van der Waals surface area contributed by atoms with E-state index in [1.165, 1.54) is 0 Å². The Kier molecular flexibility index (Phi) is 5.05. The topological polar surface area (TPSA) is 68.4 Å². The summed E-state index contributed by atoms with van der Waals surface area (Å²) in [6.45, 7) is 9.87. The summed E-state index contributed by atoms with van der Waals surface area (Å²) >= 11 is 7.84. The third kappa shape index (κ3) is 3.54. The van der Waals surface area contributed by atoms with E-state index in [1.54, 1.807) is 17.6 Å². The molecular weight excluding hydrogens is 344 g/mol. The number of rotatable bonds is 6. The average Bonchev–Trinajstić information content (AvgIpc) is 3.15. The quantitative estimate of drug-likeness (QED) is 0.509. The van der Waals surface area contributed by atoms with Gasteiger partial charge >= 0.3 is 0 Å². The summed E-state index contributed by atoms with van der Waals surface area (Å²) in [4.78, 5) is 8.99. The largest absolute Gasteiger partial charge is 0.467 e. The molecule has 0 spiro atoms. The van der Waals surface area contributed by atoms with Crippen molar-refractivity contribution >= 4 is 38.8 Å². The number of hydrogen-bond donors (Lipinski definition) is 2. The molecule has 3 heterocycles. The van der Waals surface area contributed by atoms with Crippen LogP contribution in [0.3, 0.4) is 0 Å². The number of halogens is 1. The second-order valence-electron chi connectivity index (χ2n) is 5.56. The average molecular weight is 361 g/mol. The highest BCUT2D eigenvalue weighted by atomic mass is 35.5. The van der Waals surface area contributed by atoms with Crippen molar-refractivity contribution in [2.75, 3.05) is 11.9 Å². The fraction of sp³-hybridized carbons (Fsp3) is 0.294. The summed E-state index contributed by atoms with van der Waals surface area (Å²) in [7, 11) is 0. The zero-order valence-electron chi connectivity index (χ0n) is 13.2. The monoisotopic (exact) mass is 360 g/mol. The van der Waals surface area contributed by atoms with Crippen LogP contribution in [0.4, 0.5) is 5.69 Å². The molecule has 24 heavy (non-hydrogen) atoms. The standard InChI is InChI=1S/C17H17ClN4OS/c1-10-14(6-11(19)8-20-2)24-17-13(7-15(18)22-16(10)17)21-9-12-4-3-5-23-12/h3-5,7,11H,6,8-9,19H2,1H3,(H,21,22)/t11-/m1/s1. The molecular formula is C17H17ClN4OS. The molecule has 0 aliphatic rings. The first-order valence-electron chi connectivity index (χ1n) is 7.52. The molecule has 0 saturated heterocycles. The molecule has 0 fully saturated rings. The van der Waals surface area contributed by atoms with Gasteiger partial charge in [-0.1, -0.05) is 11.6 Å². The van der Waals surface area contributed by atoms with Gasteiger partial charge in [-0.15, -0.1) is 11.3 Å². The Morgan fingerprint density at radius 3 is 3.08 bits per heavy atom. The molecule has 5 nitrogen and oxygen atoms in total. The number of aryl methyl sites for hydroxylation is 1. The Morgan fingerprint density at radius 2 is 2.38 bits per heavy atom. The number of nitrogens with zero attached hydrogens (tertiary/aromatic N) is 2. The molecule has 0 aliphatic heterocycles. The van der Waals surface area contributed by atoms with Gasteiger partial charge in [-0.2, -0.15) is 0 Å². The maximum Gasteiger partial charge on any atom is 0.229 e. The third-order valence-corrected chi connectivity index (χ3v) is 5.28. The summed E-state index contributed by atoms with van der Waals surface area (Å²) < 4.78 is 6.40. The first kappa shape index (κ1) is 16.8.